The quantitative estimate of drug-likeness (QED) is 0.876. The first-order chi connectivity index (χ1) is 10.7. The molecule has 0 radical (unpaired) electrons. The van der Waals surface area contributed by atoms with Crippen LogP contribution in [0, 0.1) is 5.92 Å². The molecule has 2 heterocycles. The molecule has 3 rings (SSSR count). The van der Waals surface area contributed by atoms with E-state index >= 15 is 0 Å². The molecule has 2 aliphatic rings. The predicted molar refractivity (Wildman–Crippen MR) is 88.6 cm³/mol. The van der Waals surface area contributed by atoms with E-state index in [1.165, 1.54) is 31.5 Å². The Labute approximate surface area is 133 Å². The van der Waals surface area contributed by atoms with Crippen molar-refractivity contribution in [2.24, 2.45) is 5.92 Å². The van der Waals surface area contributed by atoms with Crippen molar-refractivity contribution in [2.75, 3.05) is 32.8 Å². The van der Waals surface area contributed by atoms with Crippen molar-refractivity contribution in [2.45, 2.75) is 39.3 Å². The molecule has 1 aromatic rings. The maximum atomic E-state index is 5.65. The van der Waals surface area contributed by atoms with E-state index in [2.05, 4.69) is 36.2 Å². The summed E-state index contributed by atoms with van der Waals surface area (Å²) in [7, 11) is 0. The van der Waals surface area contributed by atoms with Crippen LogP contribution in [0.2, 0.25) is 0 Å². The minimum Gasteiger partial charge on any atom is -0.486 e. The third-order valence-corrected chi connectivity index (χ3v) is 4.67. The number of nitrogens with zero attached hydrogens (tertiary/aromatic N) is 1. The summed E-state index contributed by atoms with van der Waals surface area (Å²) in [5.74, 6) is 2.43. The summed E-state index contributed by atoms with van der Waals surface area (Å²) in [6.07, 6.45) is 2.71. The normalized spacial score (nSPS) is 19.6. The first-order valence-electron chi connectivity index (χ1n) is 8.57. The molecule has 1 unspecified atom stereocenters. The Morgan fingerprint density at radius 2 is 1.82 bits per heavy atom. The molecule has 4 heteroatoms. The largest absolute Gasteiger partial charge is 0.486 e. The van der Waals surface area contributed by atoms with Gasteiger partial charge in [0.05, 0.1) is 0 Å². The Kier molecular flexibility index (Phi) is 5.21. The van der Waals surface area contributed by atoms with E-state index < -0.39 is 0 Å². The number of hydrogen-bond acceptors (Lipinski definition) is 4. The molecule has 0 spiro atoms. The van der Waals surface area contributed by atoms with Crippen molar-refractivity contribution in [3.8, 4) is 11.5 Å². The van der Waals surface area contributed by atoms with Gasteiger partial charge in [0.2, 0.25) is 0 Å². The van der Waals surface area contributed by atoms with E-state index in [1.54, 1.807) is 0 Å². The van der Waals surface area contributed by atoms with Gasteiger partial charge in [-0.2, -0.15) is 0 Å². The predicted octanol–water partition coefficient (Wildman–Crippen LogP) is 2.67. The van der Waals surface area contributed by atoms with Crippen LogP contribution in [0.3, 0.4) is 0 Å². The molecule has 0 aromatic heterocycles. The molecule has 0 saturated carbocycles. The number of ether oxygens (including phenoxy) is 2. The van der Waals surface area contributed by atoms with Gasteiger partial charge in [0.25, 0.3) is 0 Å². The summed E-state index contributed by atoms with van der Waals surface area (Å²) < 4.78 is 11.2. The van der Waals surface area contributed by atoms with Crippen molar-refractivity contribution >= 4 is 0 Å². The van der Waals surface area contributed by atoms with Gasteiger partial charge in [0.1, 0.15) is 13.2 Å². The molecule has 122 valence electrons. The van der Waals surface area contributed by atoms with Crippen molar-refractivity contribution in [3.05, 3.63) is 23.8 Å². The van der Waals surface area contributed by atoms with E-state index in [1.807, 2.05) is 6.07 Å². The Morgan fingerprint density at radius 3 is 2.55 bits per heavy atom. The van der Waals surface area contributed by atoms with Crippen LogP contribution in [0.5, 0.6) is 11.5 Å². The average Bonchev–Trinajstić information content (AvgIpc) is 3.05. The average molecular weight is 304 g/mol. The van der Waals surface area contributed by atoms with Gasteiger partial charge in [-0.3, -0.25) is 4.90 Å². The Bertz CT molecular complexity index is 484. The Hall–Kier alpha value is -1.26. The van der Waals surface area contributed by atoms with Crippen LogP contribution in [0.15, 0.2) is 18.2 Å². The lowest BCUT2D eigenvalue weighted by Crippen LogP contribution is -2.44. The minimum atomic E-state index is 0.639. The summed E-state index contributed by atoms with van der Waals surface area (Å²) >= 11 is 0. The molecular weight excluding hydrogens is 276 g/mol. The van der Waals surface area contributed by atoms with E-state index in [4.69, 9.17) is 9.47 Å². The summed E-state index contributed by atoms with van der Waals surface area (Å²) in [6, 6.07) is 6.88. The molecule has 1 atom stereocenters. The second-order valence-electron chi connectivity index (χ2n) is 6.66. The van der Waals surface area contributed by atoms with E-state index in [9.17, 15) is 0 Å². The number of fused-ring (bicyclic) bond motifs is 1. The fraction of sp³-hybridized carbons (Fsp3) is 0.667. The monoisotopic (exact) mass is 304 g/mol. The number of benzene rings is 1. The van der Waals surface area contributed by atoms with Gasteiger partial charge >= 0.3 is 0 Å². The third kappa shape index (κ3) is 3.73. The standard InChI is InChI=1S/C18H28N2O2/c1-14(2)16(20-7-3-4-8-20)13-19-12-15-5-6-17-18(11-15)22-10-9-21-17/h5-6,11,14,16,19H,3-4,7-10,12-13H2,1-2H3. The molecule has 1 fully saturated rings. The van der Waals surface area contributed by atoms with E-state index in [0.29, 0.717) is 25.2 Å². The topological polar surface area (TPSA) is 33.7 Å². The van der Waals surface area contributed by atoms with Gasteiger partial charge < -0.3 is 14.8 Å². The second kappa shape index (κ2) is 7.34. The Morgan fingerprint density at radius 1 is 1.09 bits per heavy atom. The SMILES string of the molecule is CC(C)C(CNCc1ccc2c(c1)OCCO2)N1CCCC1. The number of rotatable bonds is 6. The lowest BCUT2D eigenvalue weighted by atomic mass is 10.0. The van der Waals surface area contributed by atoms with Crippen LogP contribution < -0.4 is 14.8 Å². The molecule has 22 heavy (non-hydrogen) atoms. The molecule has 1 N–H and O–H groups in total. The molecular formula is C18H28N2O2. The van der Waals surface area contributed by atoms with Crippen molar-refractivity contribution in [1.82, 2.24) is 10.2 Å². The van der Waals surface area contributed by atoms with Crippen LogP contribution in [0.25, 0.3) is 0 Å². The Balaban J connectivity index is 1.53. The van der Waals surface area contributed by atoms with Crippen molar-refractivity contribution in [3.63, 3.8) is 0 Å². The maximum absolute atomic E-state index is 5.65. The van der Waals surface area contributed by atoms with E-state index in [0.717, 1.165) is 24.6 Å². The van der Waals surface area contributed by atoms with Crippen LogP contribution in [0.4, 0.5) is 0 Å². The highest BCUT2D eigenvalue weighted by atomic mass is 16.6. The summed E-state index contributed by atoms with van der Waals surface area (Å²) in [4.78, 5) is 2.64. The number of likely N-dealkylation sites (tertiary alicyclic amines) is 1. The maximum Gasteiger partial charge on any atom is 0.161 e. The second-order valence-corrected chi connectivity index (χ2v) is 6.66. The third-order valence-electron chi connectivity index (χ3n) is 4.67. The number of hydrogen-bond donors (Lipinski definition) is 1. The van der Waals surface area contributed by atoms with Gasteiger partial charge in [-0.25, -0.2) is 0 Å². The minimum absolute atomic E-state index is 0.639. The molecule has 0 amide bonds. The first kappa shape index (κ1) is 15.6. The van der Waals surface area contributed by atoms with Crippen LogP contribution in [-0.4, -0.2) is 43.8 Å². The van der Waals surface area contributed by atoms with Crippen LogP contribution in [0.1, 0.15) is 32.3 Å². The summed E-state index contributed by atoms with van der Waals surface area (Å²) in [6.45, 7) is 10.4. The highest BCUT2D eigenvalue weighted by Gasteiger charge is 2.24. The van der Waals surface area contributed by atoms with Crippen LogP contribution >= 0.6 is 0 Å². The summed E-state index contributed by atoms with van der Waals surface area (Å²) in [5.41, 5.74) is 1.26. The van der Waals surface area contributed by atoms with Gasteiger partial charge in [0, 0.05) is 19.1 Å². The smallest absolute Gasteiger partial charge is 0.161 e. The zero-order valence-electron chi connectivity index (χ0n) is 13.8. The zero-order chi connectivity index (χ0) is 15.4. The van der Waals surface area contributed by atoms with Crippen LogP contribution in [-0.2, 0) is 6.54 Å². The zero-order valence-corrected chi connectivity index (χ0v) is 13.8. The van der Waals surface area contributed by atoms with Crippen molar-refractivity contribution < 1.29 is 9.47 Å². The molecule has 2 aliphatic heterocycles. The fourth-order valence-electron chi connectivity index (χ4n) is 3.42. The first-order valence-corrected chi connectivity index (χ1v) is 8.57. The molecule has 4 nitrogen and oxygen atoms in total. The highest BCUT2D eigenvalue weighted by molar-refractivity contribution is 5.43. The van der Waals surface area contributed by atoms with Gasteiger partial charge in [-0.1, -0.05) is 19.9 Å². The molecule has 1 saturated heterocycles. The molecule has 1 aromatic carbocycles. The van der Waals surface area contributed by atoms with Gasteiger partial charge in [-0.15, -0.1) is 0 Å². The number of nitrogens with one attached hydrogen (secondary N) is 1. The highest BCUT2D eigenvalue weighted by Crippen LogP contribution is 2.30. The fourth-order valence-corrected chi connectivity index (χ4v) is 3.42. The lowest BCUT2D eigenvalue weighted by molar-refractivity contribution is 0.171. The van der Waals surface area contributed by atoms with E-state index in [-0.39, 0.29) is 0 Å². The molecule has 0 bridgehead atoms. The van der Waals surface area contributed by atoms with Crippen molar-refractivity contribution in [1.29, 1.82) is 0 Å². The van der Waals surface area contributed by atoms with Gasteiger partial charge in [-0.05, 0) is 49.5 Å². The lowest BCUT2D eigenvalue weighted by Gasteiger charge is -2.31. The van der Waals surface area contributed by atoms with Gasteiger partial charge in [0.15, 0.2) is 11.5 Å². The summed E-state index contributed by atoms with van der Waals surface area (Å²) in [5, 5.41) is 3.63. The molecule has 0 aliphatic carbocycles.